The minimum Gasteiger partial charge on any atom is -0.0813 e. The molecule has 0 heterocycles. The summed E-state index contributed by atoms with van der Waals surface area (Å²) in [7, 11) is 0. The second kappa shape index (κ2) is 3.05. The smallest absolute Gasteiger partial charge is 0.0230 e. The number of hydrogen-bond donors (Lipinski definition) is 0. The summed E-state index contributed by atoms with van der Waals surface area (Å²) in [4.78, 5) is 0. The first-order chi connectivity index (χ1) is 4.70. The third-order valence-electron chi connectivity index (χ3n) is 2.37. The number of hydrogen-bond acceptors (Lipinski definition) is 0. The standard InChI is InChI=1S/C10H16/c1-8-4-6-9(2)10(3)7-5-8/h4-6,9-10H,7H2,1-3H3/t9-,10-/m0/s1. The molecule has 0 bridgehead atoms. The van der Waals surface area contributed by atoms with E-state index in [2.05, 4.69) is 39.0 Å². The molecule has 0 aromatic rings. The molecule has 0 aromatic carbocycles. The summed E-state index contributed by atoms with van der Waals surface area (Å²) in [5.41, 5.74) is 1.41. The van der Waals surface area contributed by atoms with Crippen LogP contribution < -0.4 is 0 Å². The topological polar surface area (TPSA) is 0 Å². The molecule has 0 aliphatic heterocycles. The van der Waals surface area contributed by atoms with Crippen LogP contribution in [-0.4, -0.2) is 0 Å². The van der Waals surface area contributed by atoms with Crippen LogP contribution in [0.2, 0.25) is 0 Å². The van der Waals surface area contributed by atoms with Crippen LogP contribution in [0.1, 0.15) is 27.2 Å². The van der Waals surface area contributed by atoms with E-state index in [0.717, 1.165) is 11.8 Å². The van der Waals surface area contributed by atoms with Crippen LogP contribution in [-0.2, 0) is 0 Å². The Hall–Kier alpha value is -0.520. The fraction of sp³-hybridized carbons (Fsp3) is 0.600. The normalized spacial score (nSPS) is 33.3. The van der Waals surface area contributed by atoms with Gasteiger partial charge in [-0.15, -0.1) is 0 Å². The molecule has 1 aliphatic rings. The van der Waals surface area contributed by atoms with E-state index in [4.69, 9.17) is 0 Å². The van der Waals surface area contributed by atoms with Crippen LogP contribution in [0.5, 0.6) is 0 Å². The molecular weight excluding hydrogens is 120 g/mol. The minimum atomic E-state index is 0.744. The van der Waals surface area contributed by atoms with Gasteiger partial charge in [-0.3, -0.25) is 0 Å². The Bertz CT molecular complexity index is 163. The van der Waals surface area contributed by atoms with Crippen LogP contribution in [0, 0.1) is 11.8 Å². The van der Waals surface area contributed by atoms with Gasteiger partial charge in [0.05, 0.1) is 0 Å². The van der Waals surface area contributed by atoms with E-state index < -0.39 is 0 Å². The number of allylic oxidation sites excluding steroid dienone is 4. The van der Waals surface area contributed by atoms with E-state index in [1.807, 2.05) is 0 Å². The Kier molecular flexibility index (Phi) is 2.31. The highest BCUT2D eigenvalue weighted by Gasteiger charge is 2.09. The maximum atomic E-state index is 2.32. The summed E-state index contributed by atoms with van der Waals surface area (Å²) < 4.78 is 0. The summed E-state index contributed by atoms with van der Waals surface area (Å²) in [6, 6.07) is 0. The number of rotatable bonds is 0. The maximum absolute atomic E-state index is 2.32. The highest BCUT2D eigenvalue weighted by molar-refractivity contribution is 5.19. The molecular formula is C10H16. The monoisotopic (exact) mass is 136 g/mol. The van der Waals surface area contributed by atoms with E-state index >= 15 is 0 Å². The zero-order chi connectivity index (χ0) is 7.56. The van der Waals surface area contributed by atoms with Crippen LogP contribution in [0.3, 0.4) is 0 Å². The first kappa shape index (κ1) is 7.59. The van der Waals surface area contributed by atoms with Gasteiger partial charge in [-0.1, -0.05) is 37.6 Å². The lowest BCUT2D eigenvalue weighted by molar-refractivity contribution is 0.468. The fourth-order valence-electron chi connectivity index (χ4n) is 1.15. The molecule has 0 radical (unpaired) electrons. The second-order valence-electron chi connectivity index (χ2n) is 3.38. The van der Waals surface area contributed by atoms with E-state index in [0.29, 0.717) is 0 Å². The molecule has 2 atom stereocenters. The molecule has 0 heteroatoms. The van der Waals surface area contributed by atoms with Gasteiger partial charge in [0.1, 0.15) is 0 Å². The predicted molar refractivity (Wildman–Crippen MR) is 45.8 cm³/mol. The average molecular weight is 136 g/mol. The Morgan fingerprint density at radius 3 is 2.80 bits per heavy atom. The summed E-state index contributed by atoms with van der Waals surface area (Å²) in [5, 5.41) is 0. The van der Waals surface area contributed by atoms with Crippen molar-refractivity contribution in [3.8, 4) is 0 Å². The quantitative estimate of drug-likeness (QED) is 0.480. The van der Waals surface area contributed by atoms with Crippen LogP contribution in [0.15, 0.2) is 23.8 Å². The molecule has 0 spiro atoms. The van der Waals surface area contributed by atoms with Gasteiger partial charge in [0, 0.05) is 0 Å². The summed E-state index contributed by atoms with van der Waals surface area (Å²) in [5.74, 6) is 1.56. The molecule has 0 amide bonds. The SMILES string of the molecule is CC1=CC[C@H](C)[C@@H](C)C=C1. The molecule has 1 rings (SSSR count). The van der Waals surface area contributed by atoms with Crippen LogP contribution in [0.4, 0.5) is 0 Å². The minimum absolute atomic E-state index is 0.744. The highest BCUT2D eigenvalue weighted by Crippen LogP contribution is 2.21. The summed E-state index contributed by atoms with van der Waals surface area (Å²) in [6.07, 6.45) is 8.10. The molecule has 0 saturated carbocycles. The molecule has 0 N–H and O–H groups in total. The first-order valence-electron chi connectivity index (χ1n) is 4.05. The van der Waals surface area contributed by atoms with Crippen molar-refractivity contribution in [2.24, 2.45) is 11.8 Å². The van der Waals surface area contributed by atoms with Crippen molar-refractivity contribution in [2.75, 3.05) is 0 Å². The average Bonchev–Trinajstić information content (AvgIpc) is 2.04. The van der Waals surface area contributed by atoms with Crippen molar-refractivity contribution in [1.82, 2.24) is 0 Å². The highest BCUT2D eigenvalue weighted by atomic mass is 14.1. The molecule has 0 unspecified atom stereocenters. The van der Waals surface area contributed by atoms with Crippen LogP contribution >= 0.6 is 0 Å². The lowest BCUT2D eigenvalue weighted by Gasteiger charge is -2.11. The maximum Gasteiger partial charge on any atom is -0.0230 e. The molecule has 0 nitrogen and oxygen atoms in total. The predicted octanol–water partition coefficient (Wildman–Crippen LogP) is 3.16. The van der Waals surface area contributed by atoms with Gasteiger partial charge < -0.3 is 0 Å². The van der Waals surface area contributed by atoms with Crippen molar-refractivity contribution in [2.45, 2.75) is 27.2 Å². The Morgan fingerprint density at radius 2 is 2.10 bits per heavy atom. The van der Waals surface area contributed by atoms with Gasteiger partial charge in [0.25, 0.3) is 0 Å². The third-order valence-corrected chi connectivity index (χ3v) is 2.37. The van der Waals surface area contributed by atoms with E-state index in [9.17, 15) is 0 Å². The molecule has 10 heavy (non-hydrogen) atoms. The van der Waals surface area contributed by atoms with Crippen molar-refractivity contribution in [3.63, 3.8) is 0 Å². The van der Waals surface area contributed by atoms with Gasteiger partial charge in [0.2, 0.25) is 0 Å². The Balaban J connectivity index is 2.68. The second-order valence-corrected chi connectivity index (χ2v) is 3.38. The van der Waals surface area contributed by atoms with Crippen LogP contribution in [0.25, 0.3) is 0 Å². The van der Waals surface area contributed by atoms with Gasteiger partial charge in [0.15, 0.2) is 0 Å². The fourth-order valence-corrected chi connectivity index (χ4v) is 1.15. The molecule has 1 aliphatic carbocycles. The third kappa shape index (κ3) is 1.73. The first-order valence-corrected chi connectivity index (χ1v) is 4.05. The van der Waals surface area contributed by atoms with Gasteiger partial charge in [-0.25, -0.2) is 0 Å². The zero-order valence-corrected chi connectivity index (χ0v) is 7.09. The summed E-state index contributed by atoms with van der Waals surface area (Å²) >= 11 is 0. The molecule has 0 fully saturated rings. The molecule has 0 aromatic heterocycles. The van der Waals surface area contributed by atoms with Gasteiger partial charge >= 0.3 is 0 Å². The molecule has 56 valence electrons. The molecule has 0 saturated heterocycles. The van der Waals surface area contributed by atoms with Crippen molar-refractivity contribution >= 4 is 0 Å². The van der Waals surface area contributed by atoms with Crippen molar-refractivity contribution in [3.05, 3.63) is 23.8 Å². The Morgan fingerprint density at radius 1 is 1.40 bits per heavy atom. The van der Waals surface area contributed by atoms with Crippen molar-refractivity contribution in [1.29, 1.82) is 0 Å². The Labute approximate surface area is 63.6 Å². The van der Waals surface area contributed by atoms with E-state index in [-0.39, 0.29) is 0 Å². The largest absolute Gasteiger partial charge is 0.0813 e. The lowest BCUT2D eigenvalue weighted by atomic mass is 9.94. The van der Waals surface area contributed by atoms with Gasteiger partial charge in [-0.2, -0.15) is 0 Å². The van der Waals surface area contributed by atoms with Crippen molar-refractivity contribution < 1.29 is 0 Å². The zero-order valence-electron chi connectivity index (χ0n) is 7.09. The van der Waals surface area contributed by atoms with Gasteiger partial charge in [-0.05, 0) is 25.2 Å². The summed E-state index contributed by atoms with van der Waals surface area (Å²) in [6.45, 7) is 6.76. The lowest BCUT2D eigenvalue weighted by Crippen LogP contribution is -2.01. The van der Waals surface area contributed by atoms with E-state index in [1.54, 1.807) is 0 Å². The van der Waals surface area contributed by atoms with E-state index in [1.165, 1.54) is 12.0 Å².